The van der Waals surface area contributed by atoms with E-state index in [2.05, 4.69) is 17.3 Å². The van der Waals surface area contributed by atoms with Gasteiger partial charge in [0.05, 0.1) is 12.0 Å². The van der Waals surface area contributed by atoms with Gasteiger partial charge in [-0.25, -0.2) is 0 Å². The number of rotatable bonds is 5. The number of hydrogen-bond donors (Lipinski definition) is 1. The topological polar surface area (TPSA) is 41.6 Å². The van der Waals surface area contributed by atoms with Crippen molar-refractivity contribution in [3.63, 3.8) is 0 Å². The molecule has 1 heterocycles. The number of likely N-dealkylation sites (tertiary alicyclic amines) is 1. The zero-order valence-electron chi connectivity index (χ0n) is 13.3. The molecule has 0 bridgehead atoms. The molecule has 0 radical (unpaired) electrons. The molecule has 2 rings (SSSR count). The molecule has 1 aliphatic heterocycles. The van der Waals surface area contributed by atoms with Gasteiger partial charge in [0.2, 0.25) is 5.91 Å². The summed E-state index contributed by atoms with van der Waals surface area (Å²) < 4.78 is 5.78. The van der Waals surface area contributed by atoms with Crippen LogP contribution in [0.1, 0.15) is 25.3 Å². The van der Waals surface area contributed by atoms with Crippen molar-refractivity contribution in [2.24, 2.45) is 5.92 Å². The minimum Gasteiger partial charge on any atom is -0.491 e. The number of nitrogens with zero attached hydrogens (tertiary/aromatic N) is 1. The summed E-state index contributed by atoms with van der Waals surface area (Å²) in [6.07, 6.45) is 2.09. The van der Waals surface area contributed by atoms with Crippen LogP contribution in [0.2, 0.25) is 0 Å². The van der Waals surface area contributed by atoms with Gasteiger partial charge in [-0.3, -0.25) is 4.79 Å². The van der Waals surface area contributed by atoms with Crippen molar-refractivity contribution >= 4 is 5.91 Å². The summed E-state index contributed by atoms with van der Waals surface area (Å²) >= 11 is 0. The average Bonchev–Trinajstić information content (AvgIpc) is 2.46. The highest BCUT2D eigenvalue weighted by molar-refractivity contribution is 5.79. The number of ether oxygens (including phenoxy) is 1. The van der Waals surface area contributed by atoms with Gasteiger partial charge in [-0.15, -0.1) is 0 Å². The van der Waals surface area contributed by atoms with Crippen LogP contribution in [0.4, 0.5) is 0 Å². The third kappa shape index (κ3) is 4.74. The average molecular weight is 290 g/mol. The summed E-state index contributed by atoms with van der Waals surface area (Å²) in [5.41, 5.74) is 1.12. The largest absolute Gasteiger partial charge is 0.491 e. The smallest absolute Gasteiger partial charge is 0.224 e. The number of nitrogens with one attached hydrogen (secondary N) is 1. The highest BCUT2D eigenvalue weighted by Crippen LogP contribution is 2.17. The first-order valence-corrected chi connectivity index (χ1v) is 7.73. The molecule has 0 spiro atoms. The molecule has 0 saturated carbocycles. The molecule has 21 heavy (non-hydrogen) atoms. The number of benzene rings is 1. The molecule has 4 heteroatoms. The summed E-state index contributed by atoms with van der Waals surface area (Å²) in [7, 11) is 2.07. The van der Waals surface area contributed by atoms with E-state index in [1.165, 1.54) is 0 Å². The molecule has 1 fully saturated rings. The first-order valence-electron chi connectivity index (χ1n) is 7.73. The lowest BCUT2D eigenvalue weighted by Crippen LogP contribution is -2.45. The third-order valence-electron chi connectivity index (χ3n) is 3.97. The summed E-state index contributed by atoms with van der Waals surface area (Å²) in [5, 5.41) is 3.07. The van der Waals surface area contributed by atoms with Crippen LogP contribution in [0, 0.1) is 12.8 Å². The third-order valence-corrected chi connectivity index (χ3v) is 3.97. The second-order valence-corrected chi connectivity index (χ2v) is 6.09. The van der Waals surface area contributed by atoms with Crippen molar-refractivity contribution in [3.05, 3.63) is 29.8 Å². The molecule has 2 atom stereocenters. The second kappa shape index (κ2) is 7.46. The van der Waals surface area contributed by atoms with E-state index in [9.17, 15) is 4.79 Å². The van der Waals surface area contributed by atoms with Crippen molar-refractivity contribution < 1.29 is 9.53 Å². The Labute approximate surface area is 127 Å². The number of para-hydroxylation sites is 1. The lowest BCUT2D eigenvalue weighted by Gasteiger charge is -2.29. The van der Waals surface area contributed by atoms with E-state index in [0.717, 1.165) is 37.2 Å². The van der Waals surface area contributed by atoms with Crippen LogP contribution in [0.15, 0.2) is 24.3 Å². The van der Waals surface area contributed by atoms with E-state index in [0.29, 0.717) is 6.61 Å². The van der Waals surface area contributed by atoms with Gasteiger partial charge in [0.15, 0.2) is 0 Å². The quantitative estimate of drug-likeness (QED) is 0.904. The number of aryl methyl sites for hydroxylation is 1. The van der Waals surface area contributed by atoms with Crippen LogP contribution in [0.5, 0.6) is 5.75 Å². The van der Waals surface area contributed by atoms with Crippen LogP contribution in [0.3, 0.4) is 0 Å². The fourth-order valence-electron chi connectivity index (χ4n) is 2.72. The molecule has 0 aliphatic carbocycles. The fourth-order valence-corrected chi connectivity index (χ4v) is 2.72. The molecule has 1 aromatic rings. The Morgan fingerprint density at radius 2 is 2.24 bits per heavy atom. The van der Waals surface area contributed by atoms with E-state index in [-0.39, 0.29) is 17.9 Å². The zero-order chi connectivity index (χ0) is 15.2. The Kier molecular flexibility index (Phi) is 5.62. The zero-order valence-corrected chi connectivity index (χ0v) is 13.3. The van der Waals surface area contributed by atoms with Gasteiger partial charge in [-0.05, 0) is 51.9 Å². The number of carbonyl (C=O) groups is 1. The Morgan fingerprint density at radius 3 is 2.95 bits per heavy atom. The fraction of sp³-hybridized carbons (Fsp3) is 0.588. The number of amides is 1. The van der Waals surface area contributed by atoms with Gasteiger partial charge in [0.25, 0.3) is 0 Å². The van der Waals surface area contributed by atoms with E-state index in [1.807, 2.05) is 38.1 Å². The normalized spacial score (nSPS) is 20.8. The van der Waals surface area contributed by atoms with Gasteiger partial charge in [-0.1, -0.05) is 18.2 Å². The van der Waals surface area contributed by atoms with E-state index in [4.69, 9.17) is 4.74 Å². The summed E-state index contributed by atoms with van der Waals surface area (Å²) in [6, 6.07) is 7.96. The molecule has 116 valence electrons. The van der Waals surface area contributed by atoms with Crippen LogP contribution >= 0.6 is 0 Å². The molecule has 0 aromatic heterocycles. The maximum Gasteiger partial charge on any atom is 0.224 e. The Morgan fingerprint density at radius 1 is 1.48 bits per heavy atom. The molecular weight excluding hydrogens is 264 g/mol. The molecule has 1 aliphatic rings. The van der Waals surface area contributed by atoms with Gasteiger partial charge in [0.1, 0.15) is 12.4 Å². The van der Waals surface area contributed by atoms with Crippen molar-refractivity contribution in [2.45, 2.75) is 32.7 Å². The molecule has 1 aromatic carbocycles. The minimum absolute atomic E-state index is 0.0179. The first kappa shape index (κ1) is 15.8. The van der Waals surface area contributed by atoms with Crippen LogP contribution in [0.25, 0.3) is 0 Å². The van der Waals surface area contributed by atoms with E-state index < -0.39 is 0 Å². The lowest BCUT2D eigenvalue weighted by molar-refractivity contribution is -0.127. The van der Waals surface area contributed by atoms with Crippen molar-refractivity contribution in [1.82, 2.24) is 10.2 Å². The SMILES string of the molecule is Cc1ccccc1OC[C@@H](C)NC(=O)[C@H]1CCCN(C)C1. The number of carbonyl (C=O) groups excluding carboxylic acids is 1. The maximum absolute atomic E-state index is 12.2. The summed E-state index contributed by atoms with van der Waals surface area (Å²) in [6.45, 7) is 6.46. The van der Waals surface area contributed by atoms with Gasteiger partial charge in [0, 0.05) is 6.54 Å². The molecule has 0 unspecified atom stereocenters. The Bertz CT molecular complexity index is 476. The van der Waals surface area contributed by atoms with Crippen molar-refractivity contribution in [1.29, 1.82) is 0 Å². The lowest BCUT2D eigenvalue weighted by atomic mass is 9.97. The van der Waals surface area contributed by atoms with Crippen molar-refractivity contribution in [3.8, 4) is 5.75 Å². The minimum atomic E-state index is 0.0179. The Hall–Kier alpha value is -1.55. The number of hydrogen-bond acceptors (Lipinski definition) is 3. The first-order chi connectivity index (χ1) is 10.1. The second-order valence-electron chi connectivity index (χ2n) is 6.09. The standard InChI is InChI=1S/C17H26N2O2/c1-13-7-4-5-9-16(13)21-12-14(2)18-17(20)15-8-6-10-19(3)11-15/h4-5,7,9,14-15H,6,8,10-12H2,1-3H3,(H,18,20)/t14-,15+/m1/s1. The monoisotopic (exact) mass is 290 g/mol. The highest BCUT2D eigenvalue weighted by atomic mass is 16.5. The maximum atomic E-state index is 12.2. The van der Waals surface area contributed by atoms with Gasteiger partial charge < -0.3 is 15.0 Å². The molecule has 1 amide bonds. The predicted octanol–water partition coefficient (Wildman–Crippen LogP) is 2.22. The molecular formula is C17H26N2O2. The van der Waals surface area contributed by atoms with Crippen LogP contribution < -0.4 is 10.1 Å². The molecule has 4 nitrogen and oxygen atoms in total. The summed E-state index contributed by atoms with van der Waals surface area (Å²) in [5.74, 6) is 1.16. The summed E-state index contributed by atoms with van der Waals surface area (Å²) in [4.78, 5) is 14.5. The Balaban J connectivity index is 1.77. The highest BCUT2D eigenvalue weighted by Gasteiger charge is 2.24. The van der Waals surface area contributed by atoms with Gasteiger partial charge >= 0.3 is 0 Å². The number of piperidine rings is 1. The van der Waals surface area contributed by atoms with E-state index >= 15 is 0 Å². The van der Waals surface area contributed by atoms with E-state index in [1.54, 1.807) is 0 Å². The van der Waals surface area contributed by atoms with Crippen LogP contribution in [-0.2, 0) is 4.79 Å². The van der Waals surface area contributed by atoms with Gasteiger partial charge in [-0.2, -0.15) is 0 Å². The van der Waals surface area contributed by atoms with Crippen molar-refractivity contribution in [2.75, 3.05) is 26.7 Å². The molecule has 1 N–H and O–H groups in total. The predicted molar refractivity (Wildman–Crippen MR) is 84.5 cm³/mol. The molecule has 1 saturated heterocycles. The van der Waals surface area contributed by atoms with Crippen LogP contribution in [-0.4, -0.2) is 43.6 Å².